The summed E-state index contributed by atoms with van der Waals surface area (Å²) in [6.45, 7) is 6.38. The first kappa shape index (κ1) is 78.8. The monoisotopic (exact) mass is 1150 g/mol. The first-order valence-corrected chi connectivity index (χ1v) is 35.0. The molecule has 1 unspecified atom stereocenters. The van der Waals surface area contributed by atoms with Gasteiger partial charge in [-0.25, -0.2) is 0 Å². The molecule has 0 aliphatic rings. The van der Waals surface area contributed by atoms with Crippen molar-refractivity contribution in [1.29, 1.82) is 0 Å². The van der Waals surface area contributed by atoms with Crippen LogP contribution < -0.4 is 0 Å². The van der Waals surface area contributed by atoms with Gasteiger partial charge in [0.15, 0.2) is 6.10 Å². The molecule has 0 aromatic rings. The maximum atomic E-state index is 12.9. The van der Waals surface area contributed by atoms with E-state index in [9.17, 15) is 14.4 Å². The van der Waals surface area contributed by atoms with Crippen molar-refractivity contribution in [3.05, 3.63) is 122 Å². The summed E-state index contributed by atoms with van der Waals surface area (Å²) in [4.78, 5) is 38.3. The fourth-order valence-corrected chi connectivity index (χ4v) is 9.82. The van der Waals surface area contributed by atoms with Gasteiger partial charge in [-0.05, 0) is 96.3 Å². The lowest BCUT2D eigenvalue weighted by Crippen LogP contribution is -2.30. The van der Waals surface area contributed by atoms with E-state index in [-0.39, 0.29) is 37.5 Å². The van der Waals surface area contributed by atoms with Gasteiger partial charge in [-0.15, -0.1) is 0 Å². The second kappa shape index (κ2) is 70.3. The average molecular weight is 1150 g/mol. The zero-order chi connectivity index (χ0) is 59.9. The molecule has 474 valence electrons. The number of carbonyl (C=O) groups excluding carboxylic acids is 3. The Balaban J connectivity index is 4.19. The average Bonchev–Trinajstić information content (AvgIpc) is 3.49. The zero-order valence-electron chi connectivity index (χ0n) is 54.4. The van der Waals surface area contributed by atoms with Gasteiger partial charge in [-0.3, -0.25) is 14.4 Å². The lowest BCUT2D eigenvalue weighted by Gasteiger charge is -2.18. The van der Waals surface area contributed by atoms with E-state index in [1.807, 2.05) is 6.08 Å². The largest absolute Gasteiger partial charge is 0.462 e. The maximum Gasteiger partial charge on any atom is 0.306 e. The fraction of sp³-hybridized carbons (Fsp3) is 0.701. The van der Waals surface area contributed by atoms with E-state index in [2.05, 4.69) is 136 Å². The quantitative estimate of drug-likeness (QED) is 0.0261. The van der Waals surface area contributed by atoms with Crippen LogP contribution in [-0.2, 0) is 28.6 Å². The first-order valence-electron chi connectivity index (χ1n) is 35.0. The van der Waals surface area contributed by atoms with Crippen LogP contribution in [0.2, 0.25) is 0 Å². The number of hydrogen-bond acceptors (Lipinski definition) is 6. The molecule has 1 atom stereocenters. The smallest absolute Gasteiger partial charge is 0.306 e. The zero-order valence-corrected chi connectivity index (χ0v) is 54.4. The van der Waals surface area contributed by atoms with Crippen molar-refractivity contribution in [1.82, 2.24) is 0 Å². The topological polar surface area (TPSA) is 78.9 Å². The first-order chi connectivity index (χ1) is 41.0. The number of carbonyl (C=O) groups is 3. The lowest BCUT2D eigenvalue weighted by molar-refractivity contribution is -0.166. The van der Waals surface area contributed by atoms with Crippen LogP contribution in [0.15, 0.2) is 122 Å². The van der Waals surface area contributed by atoms with E-state index in [0.29, 0.717) is 19.3 Å². The highest BCUT2D eigenvalue weighted by molar-refractivity contribution is 5.71. The van der Waals surface area contributed by atoms with Crippen LogP contribution in [0.25, 0.3) is 0 Å². The summed E-state index contributed by atoms with van der Waals surface area (Å²) >= 11 is 0. The van der Waals surface area contributed by atoms with Gasteiger partial charge in [0.05, 0.1) is 0 Å². The van der Waals surface area contributed by atoms with Crippen LogP contribution in [0, 0.1) is 0 Å². The third-order valence-corrected chi connectivity index (χ3v) is 15.0. The predicted octanol–water partition coefficient (Wildman–Crippen LogP) is 24.3. The third-order valence-electron chi connectivity index (χ3n) is 15.0. The molecular formula is C77H130O6. The Morgan fingerprint density at radius 3 is 0.807 bits per heavy atom. The number of allylic oxidation sites excluding steroid dienone is 20. The summed E-state index contributed by atoms with van der Waals surface area (Å²) in [6, 6.07) is 0. The molecule has 6 nitrogen and oxygen atoms in total. The lowest BCUT2D eigenvalue weighted by atomic mass is 10.0. The maximum absolute atomic E-state index is 12.9. The van der Waals surface area contributed by atoms with E-state index < -0.39 is 6.10 Å². The van der Waals surface area contributed by atoms with Gasteiger partial charge in [-0.1, -0.05) is 335 Å². The molecule has 0 spiro atoms. The second-order valence-electron chi connectivity index (χ2n) is 23.0. The van der Waals surface area contributed by atoms with Crippen molar-refractivity contribution in [3.63, 3.8) is 0 Å². The molecular weight excluding hydrogens is 1020 g/mol. The molecule has 0 radical (unpaired) electrons. The highest BCUT2D eigenvalue weighted by Crippen LogP contribution is 2.17. The highest BCUT2D eigenvalue weighted by atomic mass is 16.6. The summed E-state index contributed by atoms with van der Waals surface area (Å²) in [5.41, 5.74) is 0. The molecule has 6 heteroatoms. The van der Waals surface area contributed by atoms with Crippen LogP contribution in [0.1, 0.15) is 329 Å². The minimum absolute atomic E-state index is 0.0971. The summed E-state index contributed by atoms with van der Waals surface area (Å²) in [5.74, 6) is -0.969. The van der Waals surface area contributed by atoms with Crippen LogP contribution in [-0.4, -0.2) is 37.2 Å². The summed E-state index contributed by atoms with van der Waals surface area (Å²) in [5, 5.41) is 0. The van der Waals surface area contributed by atoms with E-state index >= 15 is 0 Å². The molecule has 83 heavy (non-hydrogen) atoms. The summed E-state index contributed by atoms with van der Waals surface area (Å²) in [7, 11) is 0. The number of rotatable bonds is 63. The second-order valence-corrected chi connectivity index (χ2v) is 23.0. The van der Waals surface area contributed by atoms with Crippen molar-refractivity contribution < 1.29 is 28.6 Å². The Morgan fingerprint density at radius 1 is 0.253 bits per heavy atom. The molecule has 0 rings (SSSR count). The van der Waals surface area contributed by atoms with Crippen molar-refractivity contribution in [3.8, 4) is 0 Å². The van der Waals surface area contributed by atoms with E-state index in [1.165, 1.54) is 180 Å². The molecule has 0 fully saturated rings. The van der Waals surface area contributed by atoms with Crippen molar-refractivity contribution in [2.24, 2.45) is 0 Å². The van der Waals surface area contributed by atoms with E-state index in [4.69, 9.17) is 14.2 Å². The highest BCUT2D eigenvalue weighted by Gasteiger charge is 2.19. The Bertz CT molecular complexity index is 1700. The van der Waals surface area contributed by atoms with Gasteiger partial charge in [-0.2, -0.15) is 0 Å². The molecule has 0 bridgehead atoms. The molecule has 0 heterocycles. The molecule has 0 amide bonds. The Kier molecular flexibility index (Phi) is 66.7. The van der Waals surface area contributed by atoms with Gasteiger partial charge in [0, 0.05) is 19.3 Å². The van der Waals surface area contributed by atoms with Gasteiger partial charge < -0.3 is 14.2 Å². The normalized spacial score (nSPS) is 12.9. The molecule has 0 saturated heterocycles. The van der Waals surface area contributed by atoms with Gasteiger partial charge in [0.2, 0.25) is 0 Å². The van der Waals surface area contributed by atoms with E-state index in [0.717, 1.165) is 103 Å². The molecule has 0 saturated carbocycles. The van der Waals surface area contributed by atoms with Crippen LogP contribution in [0.3, 0.4) is 0 Å². The molecule has 0 aliphatic carbocycles. The predicted molar refractivity (Wildman–Crippen MR) is 362 cm³/mol. The van der Waals surface area contributed by atoms with Crippen molar-refractivity contribution in [2.75, 3.05) is 13.2 Å². The number of hydrogen-bond donors (Lipinski definition) is 0. The minimum Gasteiger partial charge on any atom is -0.462 e. The van der Waals surface area contributed by atoms with Crippen LogP contribution >= 0.6 is 0 Å². The summed E-state index contributed by atoms with van der Waals surface area (Å²) < 4.78 is 16.9. The minimum atomic E-state index is -0.806. The van der Waals surface area contributed by atoms with Crippen molar-refractivity contribution in [2.45, 2.75) is 335 Å². The van der Waals surface area contributed by atoms with Crippen LogP contribution in [0.4, 0.5) is 0 Å². The molecule has 0 aromatic heterocycles. The Morgan fingerprint density at radius 2 is 0.494 bits per heavy atom. The molecule has 0 N–H and O–H groups in total. The standard InChI is InChI=1S/C77H130O6/c1-4-7-10-13-16-19-22-25-27-29-30-31-32-33-34-35-36-37-38-39-40-41-42-43-44-45-46-48-49-52-55-58-61-64-67-70-76(79)82-73-74(72-81-75(78)69-66-63-60-57-54-51-24-21-18-15-12-9-6-3)83-77(80)71-68-65-62-59-56-53-50-47-28-26-23-20-17-14-11-8-5-2/h7,9-10,12,16,18-19,21,25,27,30-31,33-34,36-37,51,54,60,63,74H,4-6,8,11,13-15,17,20,22-24,26,28-29,32,35,38-50,52-53,55-59,61-62,64-73H2,1-3H3/b10-7-,12-9-,19-16-,21-18-,27-25-,31-30-,34-33-,37-36-,54-51-,63-60-. The van der Waals surface area contributed by atoms with Crippen LogP contribution in [0.5, 0.6) is 0 Å². The van der Waals surface area contributed by atoms with Gasteiger partial charge in [0.25, 0.3) is 0 Å². The fourth-order valence-electron chi connectivity index (χ4n) is 9.82. The number of esters is 3. The molecule has 0 aromatic carbocycles. The Hall–Kier alpha value is -4.19. The SMILES string of the molecule is CC/C=C\C/C=C\C/C=C\C/C=C\C/C=C\C/C=C\CCCCCCCCCCCCCCCCCCC(=O)OCC(COC(=O)CC/C=C\C/C=C\C/C=C\C/C=C\CC)OC(=O)CCCCCCCCCCCCCCCCCCC. The molecule has 0 aliphatic heterocycles. The van der Waals surface area contributed by atoms with Gasteiger partial charge >= 0.3 is 17.9 Å². The number of unbranched alkanes of at least 4 members (excludes halogenated alkanes) is 32. The van der Waals surface area contributed by atoms with E-state index in [1.54, 1.807) is 0 Å². The van der Waals surface area contributed by atoms with Crippen molar-refractivity contribution >= 4 is 17.9 Å². The third kappa shape index (κ3) is 68.5. The van der Waals surface area contributed by atoms with Gasteiger partial charge in [0.1, 0.15) is 13.2 Å². The summed E-state index contributed by atoms with van der Waals surface area (Å²) in [6.07, 6.45) is 98.2. The Labute approximate surface area is 513 Å². The number of ether oxygens (including phenoxy) is 3.